The summed E-state index contributed by atoms with van der Waals surface area (Å²) in [6, 6.07) is 0.506. The van der Waals surface area contributed by atoms with Gasteiger partial charge in [-0.3, -0.25) is 0 Å². The fourth-order valence-electron chi connectivity index (χ4n) is 0.157. The molecule has 36 valence electrons. The van der Waals surface area contributed by atoms with Crippen molar-refractivity contribution in [2.45, 2.75) is 0 Å². The molecule has 1 N–H and O–H groups in total. The first-order valence-corrected chi connectivity index (χ1v) is 2.33. The lowest BCUT2D eigenvalue weighted by atomic mass is 10.6. The fourth-order valence-corrected chi connectivity index (χ4v) is 0.266. The highest BCUT2D eigenvalue weighted by molar-refractivity contribution is 6.17. The van der Waals surface area contributed by atoms with Crippen LogP contribution in [0, 0.1) is 0 Å². The summed E-state index contributed by atoms with van der Waals surface area (Å²) in [5.74, 6) is 0. The lowest BCUT2D eigenvalue weighted by molar-refractivity contribution is 0.887. The van der Waals surface area contributed by atoms with E-state index >= 15 is 0 Å². The molecule has 6 heavy (non-hydrogen) atoms. The van der Waals surface area contributed by atoms with E-state index in [-0.39, 0.29) is 0 Å². The Morgan fingerprint density at radius 3 is 2.67 bits per heavy atom. The monoisotopic (exact) mass is 105 g/mol. The second-order valence-corrected chi connectivity index (χ2v) is 1.14. The van der Waals surface area contributed by atoms with Crippen LogP contribution in [0.1, 0.15) is 0 Å². The van der Waals surface area contributed by atoms with Gasteiger partial charge in [-0.05, 0) is 0 Å². The van der Waals surface area contributed by atoms with Crippen molar-refractivity contribution in [2.24, 2.45) is 0 Å². The molecule has 0 aliphatic carbocycles. The molecule has 0 saturated carbocycles. The summed E-state index contributed by atoms with van der Waals surface area (Å²) in [5.41, 5.74) is 0. The van der Waals surface area contributed by atoms with Crippen LogP contribution in [0.15, 0.2) is 12.7 Å². The van der Waals surface area contributed by atoms with Crippen LogP contribution in [0.25, 0.3) is 0 Å². The molecule has 0 saturated heterocycles. The predicted octanol–water partition coefficient (Wildman–Crippen LogP) is 0.958. The molecule has 0 aromatic carbocycles. The van der Waals surface area contributed by atoms with Crippen LogP contribution in [-0.2, 0) is 0 Å². The zero-order valence-corrected chi connectivity index (χ0v) is 4.33. The van der Waals surface area contributed by atoms with Gasteiger partial charge in [-0.15, -0.1) is 18.2 Å². The second-order valence-electron chi connectivity index (χ2n) is 0.876. The van der Waals surface area contributed by atoms with Gasteiger partial charge in [0.15, 0.2) is 0 Å². The van der Waals surface area contributed by atoms with Crippen molar-refractivity contribution in [2.75, 3.05) is 12.5 Å². The maximum absolute atomic E-state index is 5.22. The third-order valence-corrected chi connectivity index (χ3v) is 0.572. The quantitative estimate of drug-likeness (QED) is 0.244. The molecule has 0 unspecified atom stereocenters. The van der Waals surface area contributed by atoms with Crippen LogP contribution < -0.4 is 5.32 Å². The molecule has 0 aliphatic rings. The molecule has 0 amide bonds. The Bertz CT molecular complexity index is 36.5. The molecule has 0 spiro atoms. The molecule has 2 heteroatoms. The van der Waals surface area contributed by atoms with Crippen molar-refractivity contribution >= 4 is 11.6 Å². The van der Waals surface area contributed by atoms with Crippen molar-refractivity contribution < 1.29 is 0 Å². The SMILES string of the molecule is C=CCNCCl. The maximum Gasteiger partial charge on any atom is 0.0715 e. The van der Waals surface area contributed by atoms with E-state index in [1.807, 2.05) is 0 Å². The van der Waals surface area contributed by atoms with E-state index in [0.717, 1.165) is 6.54 Å². The number of alkyl halides is 1. The van der Waals surface area contributed by atoms with Gasteiger partial charge < -0.3 is 5.32 Å². The van der Waals surface area contributed by atoms with Crippen LogP contribution in [0.3, 0.4) is 0 Å². The lowest BCUT2D eigenvalue weighted by Gasteiger charge is -1.86. The minimum absolute atomic E-state index is 0.506. The molecular weight excluding hydrogens is 97.5 g/mol. The van der Waals surface area contributed by atoms with Gasteiger partial charge >= 0.3 is 0 Å². The molecule has 0 heterocycles. The van der Waals surface area contributed by atoms with Crippen LogP contribution in [0.5, 0.6) is 0 Å². The van der Waals surface area contributed by atoms with E-state index in [0.29, 0.717) is 6.00 Å². The number of hydrogen-bond acceptors (Lipinski definition) is 1. The van der Waals surface area contributed by atoms with Gasteiger partial charge in [0.25, 0.3) is 0 Å². The number of rotatable bonds is 3. The zero-order valence-electron chi connectivity index (χ0n) is 3.58. The van der Waals surface area contributed by atoms with Crippen molar-refractivity contribution in [3.8, 4) is 0 Å². The molecule has 0 atom stereocenters. The first kappa shape index (κ1) is 5.99. The maximum atomic E-state index is 5.22. The molecule has 0 aromatic heterocycles. The van der Waals surface area contributed by atoms with Crippen molar-refractivity contribution in [1.82, 2.24) is 5.32 Å². The van der Waals surface area contributed by atoms with E-state index in [9.17, 15) is 0 Å². The predicted molar refractivity (Wildman–Crippen MR) is 28.9 cm³/mol. The van der Waals surface area contributed by atoms with E-state index in [2.05, 4.69) is 11.9 Å². The highest BCUT2D eigenvalue weighted by Crippen LogP contribution is 1.63. The van der Waals surface area contributed by atoms with Gasteiger partial charge in [0, 0.05) is 6.54 Å². The van der Waals surface area contributed by atoms with Gasteiger partial charge in [-0.1, -0.05) is 6.08 Å². The summed E-state index contributed by atoms with van der Waals surface area (Å²) in [4.78, 5) is 0. The number of halogens is 1. The standard InChI is InChI=1S/C4H8ClN/c1-2-3-6-4-5/h2,6H,1,3-4H2. The van der Waals surface area contributed by atoms with E-state index in [1.54, 1.807) is 6.08 Å². The Morgan fingerprint density at radius 2 is 2.50 bits per heavy atom. The Kier molecular flexibility index (Phi) is 4.98. The fraction of sp³-hybridized carbons (Fsp3) is 0.500. The van der Waals surface area contributed by atoms with Crippen molar-refractivity contribution in [3.05, 3.63) is 12.7 Å². The smallest absolute Gasteiger partial charge is 0.0715 e. The Balaban J connectivity index is 2.49. The van der Waals surface area contributed by atoms with E-state index < -0.39 is 0 Å². The normalized spacial score (nSPS) is 8.17. The molecule has 0 fully saturated rings. The van der Waals surface area contributed by atoms with Crippen LogP contribution >= 0.6 is 11.6 Å². The lowest BCUT2D eigenvalue weighted by Crippen LogP contribution is -2.09. The third kappa shape index (κ3) is 3.99. The molecule has 0 bridgehead atoms. The molecular formula is C4H8ClN. The Labute approximate surface area is 43.0 Å². The zero-order chi connectivity index (χ0) is 4.83. The average molecular weight is 106 g/mol. The Morgan fingerprint density at radius 1 is 1.83 bits per heavy atom. The van der Waals surface area contributed by atoms with Gasteiger partial charge in [0.1, 0.15) is 0 Å². The topological polar surface area (TPSA) is 12.0 Å². The summed E-state index contributed by atoms with van der Waals surface area (Å²) in [7, 11) is 0. The molecule has 0 aliphatic heterocycles. The average Bonchev–Trinajstić information content (AvgIpc) is 1.61. The molecule has 0 radical (unpaired) electrons. The van der Waals surface area contributed by atoms with Crippen molar-refractivity contribution in [1.29, 1.82) is 0 Å². The molecule has 1 nitrogen and oxygen atoms in total. The Hall–Kier alpha value is -0.0100. The summed E-state index contributed by atoms with van der Waals surface area (Å²) in [5, 5.41) is 2.85. The molecule has 0 aromatic rings. The minimum Gasteiger partial charge on any atom is -0.300 e. The summed E-state index contributed by atoms with van der Waals surface area (Å²) < 4.78 is 0. The second kappa shape index (κ2) is 4.99. The number of hydrogen-bond donors (Lipinski definition) is 1. The number of nitrogens with one attached hydrogen (secondary N) is 1. The molecule has 0 rings (SSSR count). The highest BCUT2D eigenvalue weighted by Gasteiger charge is 1.68. The van der Waals surface area contributed by atoms with E-state index in [1.165, 1.54) is 0 Å². The summed E-state index contributed by atoms with van der Waals surface area (Å²) >= 11 is 5.22. The summed E-state index contributed by atoms with van der Waals surface area (Å²) in [6.45, 7) is 4.27. The van der Waals surface area contributed by atoms with Crippen LogP contribution in [0.2, 0.25) is 0 Å². The van der Waals surface area contributed by atoms with Crippen LogP contribution in [-0.4, -0.2) is 12.5 Å². The van der Waals surface area contributed by atoms with Gasteiger partial charge in [0.05, 0.1) is 6.00 Å². The third-order valence-electron chi connectivity index (χ3n) is 0.383. The van der Waals surface area contributed by atoms with Gasteiger partial charge in [-0.2, -0.15) is 0 Å². The first-order chi connectivity index (χ1) is 2.91. The first-order valence-electron chi connectivity index (χ1n) is 1.79. The highest BCUT2D eigenvalue weighted by atomic mass is 35.5. The minimum atomic E-state index is 0.506. The van der Waals surface area contributed by atoms with E-state index in [4.69, 9.17) is 11.6 Å². The van der Waals surface area contributed by atoms with Crippen LogP contribution in [0.4, 0.5) is 0 Å². The van der Waals surface area contributed by atoms with Gasteiger partial charge in [0.2, 0.25) is 0 Å². The van der Waals surface area contributed by atoms with Gasteiger partial charge in [-0.25, -0.2) is 0 Å². The largest absolute Gasteiger partial charge is 0.300 e. The van der Waals surface area contributed by atoms with Crippen molar-refractivity contribution in [3.63, 3.8) is 0 Å². The summed E-state index contributed by atoms with van der Waals surface area (Å²) in [6.07, 6.45) is 1.77.